The van der Waals surface area contributed by atoms with Gasteiger partial charge in [0.25, 0.3) is 0 Å². The molecule has 1 unspecified atom stereocenters. The average Bonchev–Trinajstić information content (AvgIpc) is 2.63. The monoisotopic (exact) mass is 387 g/mol. The highest BCUT2D eigenvalue weighted by molar-refractivity contribution is 7.89. The van der Waals surface area contributed by atoms with Gasteiger partial charge in [0, 0.05) is 19.6 Å². The maximum absolute atomic E-state index is 12.4. The first kappa shape index (κ1) is 21.6. The molecule has 6 nitrogen and oxygen atoms in total. The minimum atomic E-state index is -3.20. The van der Waals surface area contributed by atoms with Crippen LogP contribution in [0.5, 0.6) is 0 Å². The second-order valence-corrected chi connectivity index (χ2v) is 10.1. The molecule has 2 rings (SSSR count). The Labute approximate surface area is 159 Å². The molecule has 2 heterocycles. The summed E-state index contributed by atoms with van der Waals surface area (Å²) in [5, 5.41) is 3.02. The lowest BCUT2D eigenvalue weighted by atomic mass is 9.98. The van der Waals surface area contributed by atoms with Crippen LogP contribution in [0.2, 0.25) is 0 Å². The van der Waals surface area contributed by atoms with Crippen molar-refractivity contribution in [2.75, 3.05) is 45.0 Å². The van der Waals surface area contributed by atoms with Crippen molar-refractivity contribution in [2.45, 2.75) is 58.8 Å². The number of unbranched alkanes of at least 4 members (excludes halogenated alkanes) is 1. The molecule has 0 aromatic carbocycles. The lowest BCUT2D eigenvalue weighted by Gasteiger charge is -2.31. The topological polar surface area (TPSA) is 69.7 Å². The second-order valence-electron chi connectivity index (χ2n) is 8.04. The Morgan fingerprint density at radius 2 is 1.85 bits per heavy atom. The Balaban J connectivity index is 1.63. The van der Waals surface area contributed by atoms with Crippen molar-refractivity contribution < 1.29 is 13.2 Å². The first-order valence-electron chi connectivity index (χ1n) is 10.4. The van der Waals surface area contributed by atoms with E-state index in [9.17, 15) is 13.2 Å². The third kappa shape index (κ3) is 6.82. The number of piperidine rings is 2. The maximum atomic E-state index is 12.4. The summed E-state index contributed by atoms with van der Waals surface area (Å²) in [6.07, 6.45) is 6.88. The predicted molar refractivity (Wildman–Crippen MR) is 105 cm³/mol. The van der Waals surface area contributed by atoms with Crippen LogP contribution >= 0.6 is 0 Å². The molecule has 2 aliphatic rings. The Morgan fingerprint density at radius 1 is 1.12 bits per heavy atom. The van der Waals surface area contributed by atoms with Gasteiger partial charge in [-0.25, -0.2) is 12.7 Å². The largest absolute Gasteiger partial charge is 0.356 e. The summed E-state index contributed by atoms with van der Waals surface area (Å²) in [5.41, 5.74) is 0. The number of hydrogen-bond donors (Lipinski definition) is 1. The van der Waals surface area contributed by atoms with E-state index >= 15 is 0 Å². The summed E-state index contributed by atoms with van der Waals surface area (Å²) in [4.78, 5) is 14.9. The summed E-state index contributed by atoms with van der Waals surface area (Å²) < 4.78 is 25.9. The fourth-order valence-electron chi connectivity index (χ4n) is 3.90. The number of amides is 1. The summed E-state index contributed by atoms with van der Waals surface area (Å²) >= 11 is 0. The van der Waals surface area contributed by atoms with Crippen molar-refractivity contribution in [3.63, 3.8) is 0 Å². The van der Waals surface area contributed by atoms with Gasteiger partial charge in [0.1, 0.15) is 0 Å². The molecule has 1 amide bonds. The summed E-state index contributed by atoms with van der Waals surface area (Å²) in [6, 6.07) is 0. The van der Waals surface area contributed by atoms with E-state index in [4.69, 9.17) is 0 Å². The Kier molecular flexibility index (Phi) is 8.84. The number of likely N-dealkylation sites (tertiary alicyclic amines) is 1. The van der Waals surface area contributed by atoms with Gasteiger partial charge in [-0.1, -0.05) is 13.8 Å². The molecule has 0 aromatic heterocycles. The van der Waals surface area contributed by atoms with E-state index in [1.54, 1.807) is 0 Å². The molecule has 1 N–H and O–H groups in total. The molecular formula is C19H37N3O3S. The SMILES string of the molecule is CCCS(=O)(=O)N1CCCC(C(=O)NCCCCN2CCC(C)CC2)C1. The minimum absolute atomic E-state index is 0.0215. The van der Waals surface area contributed by atoms with E-state index in [-0.39, 0.29) is 17.6 Å². The highest BCUT2D eigenvalue weighted by Crippen LogP contribution is 2.20. The number of carbonyl (C=O) groups is 1. The van der Waals surface area contributed by atoms with Gasteiger partial charge in [0.15, 0.2) is 0 Å². The van der Waals surface area contributed by atoms with E-state index in [2.05, 4.69) is 17.1 Å². The zero-order valence-electron chi connectivity index (χ0n) is 16.6. The number of nitrogens with zero attached hydrogens (tertiary/aromatic N) is 2. The third-order valence-corrected chi connectivity index (χ3v) is 7.73. The number of nitrogens with one attached hydrogen (secondary N) is 1. The Morgan fingerprint density at radius 3 is 2.54 bits per heavy atom. The third-order valence-electron chi connectivity index (χ3n) is 5.69. The quantitative estimate of drug-likeness (QED) is 0.615. The summed E-state index contributed by atoms with van der Waals surface area (Å²) in [5.74, 6) is 0.866. The molecule has 0 bridgehead atoms. The molecule has 2 aliphatic heterocycles. The zero-order chi connectivity index (χ0) is 19.0. The van der Waals surface area contributed by atoms with E-state index in [1.165, 1.54) is 30.2 Å². The lowest BCUT2D eigenvalue weighted by Crippen LogP contribution is -2.46. The molecule has 7 heteroatoms. The van der Waals surface area contributed by atoms with E-state index in [0.29, 0.717) is 26.1 Å². The minimum Gasteiger partial charge on any atom is -0.356 e. The van der Waals surface area contributed by atoms with Gasteiger partial charge in [-0.2, -0.15) is 0 Å². The number of hydrogen-bond acceptors (Lipinski definition) is 4. The van der Waals surface area contributed by atoms with Crippen LogP contribution in [0.25, 0.3) is 0 Å². The molecule has 26 heavy (non-hydrogen) atoms. The molecule has 0 aromatic rings. The van der Waals surface area contributed by atoms with Gasteiger partial charge in [-0.3, -0.25) is 4.79 Å². The van der Waals surface area contributed by atoms with E-state index in [0.717, 1.165) is 38.1 Å². The summed E-state index contributed by atoms with van der Waals surface area (Å²) in [6.45, 7) is 9.33. The van der Waals surface area contributed by atoms with Crippen LogP contribution in [-0.4, -0.2) is 68.6 Å². The highest BCUT2D eigenvalue weighted by atomic mass is 32.2. The molecule has 0 saturated carbocycles. The normalized spacial score (nSPS) is 23.8. The van der Waals surface area contributed by atoms with Crippen molar-refractivity contribution >= 4 is 15.9 Å². The van der Waals surface area contributed by atoms with Crippen LogP contribution in [0.4, 0.5) is 0 Å². The molecule has 152 valence electrons. The number of carbonyl (C=O) groups excluding carboxylic acids is 1. The first-order chi connectivity index (χ1) is 12.4. The van der Waals surface area contributed by atoms with E-state index in [1.807, 2.05) is 6.92 Å². The van der Waals surface area contributed by atoms with Gasteiger partial charge in [-0.05, 0) is 70.5 Å². The molecule has 1 atom stereocenters. The van der Waals surface area contributed by atoms with Crippen LogP contribution in [-0.2, 0) is 14.8 Å². The molecule has 0 radical (unpaired) electrons. The van der Waals surface area contributed by atoms with Gasteiger partial charge in [0.2, 0.25) is 15.9 Å². The predicted octanol–water partition coefficient (Wildman–Crippen LogP) is 2.07. The zero-order valence-corrected chi connectivity index (χ0v) is 17.4. The average molecular weight is 388 g/mol. The molecule has 0 aliphatic carbocycles. The fourth-order valence-corrected chi connectivity index (χ4v) is 5.49. The van der Waals surface area contributed by atoms with Crippen LogP contribution in [0, 0.1) is 11.8 Å². The Bertz CT molecular complexity index is 530. The standard InChI is InChI=1S/C19H37N3O3S/c1-3-15-26(24,25)22-12-6-7-18(16-22)19(23)20-10-4-5-11-21-13-8-17(2)9-14-21/h17-18H,3-16H2,1-2H3,(H,20,23). The van der Waals surface area contributed by atoms with Gasteiger partial charge in [-0.15, -0.1) is 0 Å². The summed E-state index contributed by atoms with van der Waals surface area (Å²) in [7, 11) is -3.20. The number of rotatable bonds is 9. The van der Waals surface area contributed by atoms with Crippen molar-refractivity contribution in [1.29, 1.82) is 0 Å². The smallest absolute Gasteiger partial charge is 0.224 e. The molecular weight excluding hydrogens is 350 g/mol. The highest BCUT2D eigenvalue weighted by Gasteiger charge is 2.31. The first-order valence-corrected chi connectivity index (χ1v) is 12.0. The van der Waals surface area contributed by atoms with Gasteiger partial charge < -0.3 is 10.2 Å². The number of sulfonamides is 1. The van der Waals surface area contributed by atoms with Crippen molar-refractivity contribution in [3.05, 3.63) is 0 Å². The molecule has 0 spiro atoms. The van der Waals surface area contributed by atoms with Gasteiger partial charge >= 0.3 is 0 Å². The maximum Gasteiger partial charge on any atom is 0.224 e. The molecule has 2 fully saturated rings. The van der Waals surface area contributed by atoms with Crippen molar-refractivity contribution in [3.8, 4) is 0 Å². The van der Waals surface area contributed by atoms with Crippen LogP contribution in [0.3, 0.4) is 0 Å². The van der Waals surface area contributed by atoms with Crippen LogP contribution < -0.4 is 5.32 Å². The van der Waals surface area contributed by atoms with Crippen LogP contribution in [0.1, 0.15) is 58.8 Å². The van der Waals surface area contributed by atoms with Crippen molar-refractivity contribution in [2.24, 2.45) is 11.8 Å². The second kappa shape index (κ2) is 10.6. The lowest BCUT2D eigenvalue weighted by molar-refractivity contribution is -0.126. The van der Waals surface area contributed by atoms with Crippen LogP contribution in [0.15, 0.2) is 0 Å². The van der Waals surface area contributed by atoms with E-state index < -0.39 is 10.0 Å². The van der Waals surface area contributed by atoms with Gasteiger partial charge in [0.05, 0.1) is 11.7 Å². The van der Waals surface area contributed by atoms with Crippen molar-refractivity contribution in [1.82, 2.24) is 14.5 Å². The Hall–Kier alpha value is -0.660. The fraction of sp³-hybridized carbons (Fsp3) is 0.947. The molecule has 2 saturated heterocycles.